The predicted molar refractivity (Wildman–Crippen MR) is 89.1 cm³/mol. The van der Waals surface area contributed by atoms with Crippen LogP contribution in [0.3, 0.4) is 0 Å². The molecule has 1 N–H and O–H groups in total. The minimum atomic E-state index is 0.470. The maximum atomic E-state index is 3.52. The van der Waals surface area contributed by atoms with Crippen molar-refractivity contribution in [3.05, 3.63) is 47.2 Å². The average Bonchev–Trinajstić information content (AvgIpc) is 2.88. The van der Waals surface area contributed by atoms with E-state index in [2.05, 4.69) is 66.8 Å². The number of nitrogens with one attached hydrogen (secondary N) is 1. The van der Waals surface area contributed by atoms with E-state index in [0.717, 1.165) is 19.5 Å². The molecule has 0 fully saturated rings. The monoisotopic (exact) mass is 285 g/mol. The van der Waals surface area contributed by atoms with Gasteiger partial charge in [0.25, 0.3) is 0 Å². The Bertz CT molecular complexity index is 511. The maximum absolute atomic E-state index is 3.52. The molecule has 114 valence electrons. The summed E-state index contributed by atoms with van der Waals surface area (Å²) in [6, 6.07) is 0.470. The standard InChI is InChI=1S/C18H27N3/c1-20(2)9-6-16-13-19-18-5-4-15(12-17(16)18)14-7-10-21(3)11-8-14/h4-5,7,12-13,17-19H,6,8-11H2,1-3H3. The van der Waals surface area contributed by atoms with Gasteiger partial charge < -0.3 is 15.1 Å². The van der Waals surface area contributed by atoms with E-state index in [9.17, 15) is 0 Å². The van der Waals surface area contributed by atoms with Gasteiger partial charge in [-0.25, -0.2) is 0 Å². The van der Waals surface area contributed by atoms with Crippen LogP contribution in [0.4, 0.5) is 0 Å². The Hall–Kier alpha value is -1.32. The summed E-state index contributed by atoms with van der Waals surface area (Å²) in [4.78, 5) is 4.63. The fraction of sp³-hybridized carbons (Fsp3) is 0.556. The Kier molecular flexibility index (Phi) is 4.32. The number of likely N-dealkylation sites (N-methyl/N-ethyl adjacent to an activating group) is 1. The zero-order valence-electron chi connectivity index (χ0n) is 13.5. The van der Waals surface area contributed by atoms with Gasteiger partial charge in [0.15, 0.2) is 0 Å². The van der Waals surface area contributed by atoms with E-state index in [0.29, 0.717) is 12.0 Å². The lowest BCUT2D eigenvalue weighted by molar-refractivity contribution is 0.360. The van der Waals surface area contributed by atoms with Gasteiger partial charge in [0, 0.05) is 25.6 Å². The van der Waals surface area contributed by atoms with Crippen LogP contribution in [0.15, 0.2) is 47.2 Å². The zero-order valence-corrected chi connectivity index (χ0v) is 13.5. The molecule has 0 aromatic heterocycles. The normalized spacial score (nSPS) is 28.9. The maximum Gasteiger partial charge on any atom is 0.0543 e. The van der Waals surface area contributed by atoms with E-state index in [4.69, 9.17) is 0 Å². The van der Waals surface area contributed by atoms with E-state index in [1.54, 1.807) is 5.57 Å². The molecule has 3 heteroatoms. The molecule has 0 aromatic rings. The van der Waals surface area contributed by atoms with Crippen molar-refractivity contribution in [2.75, 3.05) is 40.8 Å². The van der Waals surface area contributed by atoms with Crippen molar-refractivity contribution in [2.45, 2.75) is 18.9 Å². The Morgan fingerprint density at radius 3 is 2.95 bits per heavy atom. The van der Waals surface area contributed by atoms with Crippen LogP contribution in [-0.4, -0.2) is 56.6 Å². The number of rotatable bonds is 4. The molecule has 0 saturated carbocycles. The highest BCUT2D eigenvalue weighted by atomic mass is 15.1. The highest BCUT2D eigenvalue weighted by Gasteiger charge is 2.29. The third-order valence-electron chi connectivity index (χ3n) is 4.75. The van der Waals surface area contributed by atoms with Crippen LogP contribution in [0.5, 0.6) is 0 Å². The molecule has 2 aliphatic heterocycles. The number of allylic oxidation sites excluding steroid dienone is 2. The number of nitrogens with zero attached hydrogens (tertiary/aromatic N) is 2. The summed E-state index contributed by atoms with van der Waals surface area (Å²) >= 11 is 0. The van der Waals surface area contributed by atoms with E-state index in [1.165, 1.54) is 24.1 Å². The number of hydrogen-bond donors (Lipinski definition) is 1. The first-order chi connectivity index (χ1) is 10.1. The Balaban J connectivity index is 1.72. The Morgan fingerprint density at radius 2 is 2.24 bits per heavy atom. The van der Waals surface area contributed by atoms with Gasteiger partial charge in [-0.3, -0.25) is 0 Å². The molecule has 3 nitrogen and oxygen atoms in total. The molecule has 21 heavy (non-hydrogen) atoms. The van der Waals surface area contributed by atoms with Crippen molar-refractivity contribution in [2.24, 2.45) is 5.92 Å². The van der Waals surface area contributed by atoms with Gasteiger partial charge in [-0.2, -0.15) is 0 Å². The van der Waals surface area contributed by atoms with E-state index >= 15 is 0 Å². The van der Waals surface area contributed by atoms with Crippen molar-refractivity contribution in [1.29, 1.82) is 0 Å². The summed E-state index contributed by atoms with van der Waals surface area (Å²) in [6.07, 6.45) is 14.1. The SMILES string of the molecule is CN(C)CCC1=CNC2C=CC(C3=CCN(C)CC3)=CC12. The van der Waals surface area contributed by atoms with Crippen molar-refractivity contribution in [1.82, 2.24) is 15.1 Å². The van der Waals surface area contributed by atoms with Gasteiger partial charge in [-0.05, 0) is 56.9 Å². The fourth-order valence-electron chi connectivity index (χ4n) is 3.31. The van der Waals surface area contributed by atoms with Crippen molar-refractivity contribution >= 4 is 0 Å². The Morgan fingerprint density at radius 1 is 1.38 bits per heavy atom. The summed E-state index contributed by atoms with van der Waals surface area (Å²) in [7, 11) is 6.48. The molecule has 2 heterocycles. The first kappa shape index (κ1) is 14.6. The largest absolute Gasteiger partial charge is 0.384 e. The second kappa shape index (κ2) is 6.20. The van der Waals surface area contributed by atoms with Crippen LogP contribution in [-0.2, 0) is 0 Å². The first-order valence-electron chi connectivity index (χ1n) is 8.01. The molecule has 0 aromatic carbocycles. The lowest BCUT2D eigenvalue weighted by Gasteiger charge is -2.27. The third kappa shape index (κ3) is 3.30. The van der Waals surface area contributed by atoms with Crippen molar-refractivity contribution in [3.63, 3.8) is 0 Å². The van der Waals surface area contributed by atoms with Crippen LogP contribution >= 0.6 is 0 Å². The molecular formula is C18H27N3. The molecule has 0 bridgehead atoms. The van der Waals surface area contributed by atoms with E-state index in [-0.39, 0.29) is 0 Å². The summed E-state index contributed by atoms with van der Waals surface area (Å²) in [5.74, 6) is 0.547. The summed E-state index contributed by atoms with van der Waals surface area (Å²) in [5, 5.41) is 3.52. The van der Waals surface area contributed by atoms with Gasteiger partial charge in [-0.1, -0.05) is 24.3 Å². The van der Waals surface area contributed by atoms with Gasteiger partial charge in [0.05, 0.1) is 6.04 Å². The minimum Gasteiger partial charge on any atom is -0.384 e. The number of fused-ring (bicyclic) bond motifs is 1. The minimum absolute atomic E-state index is 0.470. The third-order valence-corrected chi connectivity index (χ3v) is 4.75. The smallest absolute Gasteiger partial charge is 0.0543 e. The lowest BCUT2D eigenvalue weighted by Crippen LogP contribution is -2.28. The molecule has 3 aliphatic rings. The van der Waals surface area contributed by atoms with Crippen molar-refractivity contribution in [3.8, 4) is 0 Å². The van der Waals surface area contributed by atoms with Crippen LogP contribution in [0.25, 0.3) is 0 Å². The molecule has 3 rings (SSSR count). The van der Waals surface area contributed by atoms with Crippen LogP contribution in [0.1, 0.15) is 12.8 Å². The second-order valence-corrected chi connectivity index (χ2v) is 6.71. The molecule has 0 amide bonds. The zero-order chi connectivity index (χ0) is 14.8. The quantitative estimate of drug-likeness (QED) is 0.854. The summed E-state index contributed by atoms with van der Waals surface area (Å²) in [5.41, 5.74) is 4.52. The molecular weight excluding hydrogens is 258 g/mol. The molecule has 2 atom stereocenters. The first-order valence-corrected chi connectivity index (χ1v) is 8.01. The topological polar surface area (TPSA) is 18.5 Å². The molecule has 1 aliphatic carbocycles. The number of hydrogen-bond acceptors (Lipinski definition) is 3. The second-order valence-electron chi connectivity index (χ2n) is 6.71. The van der Waals surface area contributed by atoms with Crippen LogP contribution in [0, 0.1) is 5.92 Å². The van der Waals surface area contributed by atoms with Gasteiger partial charge in [-0.15, -0.1) is 0 Å². The van der Waals surface area contributed by atoms with Gasteiger partial charge in [0.1, 0.15) is 0 Å². The van der Waals surface area contributed by atoms with E-state index < -0.39 is 0 Å². The summed E-state index contributed by atoms with van der Waals surface area (Å²) in [6.45, 7) is 3.37. The highest BCUT2D eigenvalue weighted by Crippen LogP contribution is 2.33. The van der Waals surface area contributed by atoms with E-state index in [1.807, 2.05) is 0 Å². The molecule has 2 unspecified atom stereocenters. The van der Waals surface area contributed by atoms with Gasteiger partial charge >= 0.3 is 0 Å². The average molecular weight is 285 g/mol. The highest BCUT2D eigenvalue weighted by molar-refractivity contribution is 5.47. The molecule has 0 radical (unpaired) electrons. The molecule has 0 saturated heterocycles. The Labute approximate surface area is 128 Å². The van der Waals surface area contributed by atoms with Gasteiger partial charge in [0.2, 0.25) is 0 Å². The fourth-order valence-corrected chi connectivity index (χ4v) is 3.31. The van der Waals surface area contributed by atoms with Crippen molar-refractivity contribution < 1.29 is 0 Å². The van der Waals surface area contributed by atoms with Crippen LogP contribution in [0.2, 0.25) is 0 Å². The molecule has 0 spiro atoms. The summed E-state index contributed by atoms with van der Waals surface area (Å²) < 4.78 is 0. The van der Waals surface area contributed by atoms with Crippen LogP contribution < -0.4 is 5.32 Å². The lowest BCUT2D eigenvalue weighted by atomic mass is 9.84. The predicted octanol–water partition coefficient (Wildman–Crippen LogP) is 2.17.